The lowest BCUT2D eigenvalue weighted by Gasteiger charge is -2.28. The Kier molecular flexibility index (Phi) is 5.57. The van der Waals surface area contributed by atoms with Gasteiger partial charge in [-0.1, -0.05) is 121 Å². The standard InChI is InChI=1S/C41H28N2O/c1-2-13-29(14-3-1)41-42-39-35-19-9-8-18-34(35)37-26-32(23-24-36(37)40(39)44-41)43(31-22-21-27-11-4-5-15-30(27)25-31)38-20-10-16-28-12-6-7-17-33(28)38/h1-26,41-42H. The molecule has 3 heteroatoms. The molecule has 0 radical (unpaired) electrons. The summed E-state index contributed by atoms with van der Waals surface area (Å²) >= 11 is 0. The first-order valence-electron chi connectivity index (χ1n) is 15.1. The second kappa shape index (κ2) is 9.89. The Labute approximate surface area is 255 Å². The van der Waals surface area contributed by atoms with Gasteiger partial charge >= 0.3 is 0 Å². The Morgan fingerprint density at radius 1 is 0.455 bits per heavy atom. The zero-order valence-corrected chi connectivity index (χ0v) is 23.9. The number of fused-ring (bicyclic) bond motifs is 8. The lowest BCUT2D eigenvalue weighted by Crippen LogP contribution is -2.10. The number of ether oxygens (including phenoxy) is 1. The molecule has 0 spiro atoms. The van der Waals surface area contributed by atoms with E-state index in [2.05, 4.69) is 162 Å². The highest BCUT2D eigenvalue weighted by molar-refractivity contribution is 6.18. The van der Waals surface area contributed by atoms with E-state index >= 15 is 0 Å². The Hall–Kier alpha value is -5.80. The first kappa shape index (κ1) is 24.8. The van der Waals surface area contributed by atoms with Gasteiger partial charge in [-0.2, -0.15) is 0 Å². The normalized spacial score (nSPS) is 14.0. The van der Waals surface area contributed by atoms with Crippen molar-refractivity contribution < 1.29 is 4.74 Å². The molecule has 8 aromatic carbocycles. The van der Waals surface area contributed by atoms with Crippen LogP contribution in [0.4, 0.5) is 22.7 Å². The van der Waals surface area contributed by atoms with Crippen molar-refractivity contribution in [3.8, 4) is 5.75 Å². The van der Waals surface area contributed by atoms with E-state index in [0.717, 1.165) is 44.8 Å². The lowest BCUT2D eigenvalue weighted by atomic mass is 9.98. The SMILES string of the molecule is c1ccc(C2Nc3c(c4ccc(N(c5ccc6ccccc6c5)c5cccc6ccccc56)cc4c4ccccc34)O2)cc1. The third kappa shape index (κ3) is 3.90. The quantitative estimate of drug-likeness (QED) is 0.215. The van der Waals surface area contributed by atoms with Crippen molar-refractivity contribution in [1.82, 2.24) is 0 Å². The first-order chi connectivity index (χ1) is 21.8. The molecule has 0 bridgehead atoms. The monoisotopic (exact) mass is 564 g/mol. The van der Waals surface area contributed by atoms with Gasteiger partial charge in [0, 0.05) is 33.1 Å². The third-order valence-corrected chi connectivity index (χ3v) is 8.83. The number of anilines is 4. The summed E-state index contributed by atoms with van der Waals surface area (Å²) in [6.45, 7) is 0. The van der Waals surface area contributed by atoms with E-state index in [1.165, 1.54) is 32.3 Å². The summed E-state index contributed by atoms with van der Waals surface area (Å²) in [6.07, 6.45) is -0.232. The average molecular weight is 565 g/mol. The maximum absolute atomic E-state index is 6.67. The van der Waals surface area contributed by atoms with Gasteiger partial charge in [0.2, 0.25) is 0 Å². The molecule has 1 unspecified atom stereocenters. The van der Waals surface area contributed by atoms with E-state index in [4.69, 9.17) is 4.74 Å². The molecule has 0 saturated carbocycles. The molecule has 1 aliphatic rings. The van der Waals surface area contributed by atoms with E-state index in [-0.39, 0.29) is 6.23 Å². The topological polar surface area (TPSA) is 24.5 Å². The van der Waals surface area contributed by atoms with Gasteiger partial charge in [-0.3, -0.25) is 0 Å². The number of hydrogen-bond donors (Lipinski definition) is 1. The van der Waals surface area contributed by atoms with Crippen LogP contribution in [0.2, 0.25) is 0 Å². The van der Waals surface area contributed by atoms with Gasteiger partial charge in [-0.05, 0) is 63.3 Å². The van der Waals surface area contributed by atoms with Crippen molar-refractivity contribution in [2.45, 2.75) is 6.23 Å². The molecule has 1 N–H and O–H groups in total. The van der Waals surface area contributed by atoms with Crippen molar-refractivity contribution in [2.24, 2.45) is 0 Å². The van der Waals surface area contributed by atoms with Crippen molar-refractivity contribution in [2.75, 3.05) is 10.2 Å². The highest BCUT2D eigenvalue weighted by Crippen LogP contribution is 2.50. The minimum atomic E-state index is -0.232. The zero-order chi connectivity index (χ0) is 29.0. The zero-order valence-electron chi connectivity index (χ0n) is 23.9. The van der Waals surface area contributed by atoms with Crippen LogP contribution in [0.3, 0.4) is 0 Å². The molecule has 1 heterocycles. The van der Waals surface area contributed by atoms with Crippen LogP contribution >= 0.6 is 0 Å². The molecule has 3 nitrogen and oxygen atoms in total. The van der Waals surface area contributed by atoms with Crippen LogP contribution in [0.25, 0.3) is 43.1 Å². The van der Waals surface area contributed by atoms with Crippen molar-refractivity contribution in [1.29, 1.82) is 0 Å². The van der Waals surface area contributed by atoms with Crippen LogP contribution in [-0.2, 0) is 0 Å². The van der Waals surface area contributed by atoms with Gasteiger partial charge in [0.05, 0.1) is 11.4 Å². The molecule has 0 saturated heterocycles. The van der Waals surface area contributed by atoms with Crippen LogP contribution < -0.4 is 15.0 Å². The predicted octanol–water partition coefficient (Wildman–Crippen LogP) is 11.3. The fourth-order valence-electron chi connectivity index (χ4n) is 6.75. The van der Waals surface area contributed by atoms with Crippen LogP contribution in [0.1, 0.15) is 11.8 Å². The fraction of sp³-hybridized carbons (Fsp3) is 0.0244. The molecule has 0 aromatic heterocycles. The molecule has 0 amide bonds. The van der Waals surface area contributed by atoms with Gasteiger partial charge in [-0.15, -0.1) is 0 Å². The Bertz CT molecular complexity index is 2360. The largest absolute Gasteiger partial charge is 0.464 e. The molecule has 208 valence electrons. The second-order valence-corrected chi connectivity index (χ2v) is 11.4. The molecular formula is C41H28N2O. The smallest absolute Gasteiger partial charge is 0.196 e. The Balaban J connectivity index is 1.28. The van der Waals surface area contributed by atoms with E-state index < -0.39 is 0 Å². The van der Waals surface area contributed by atoms with Crippen molar-refractivity contribution in [3.63, 3.8) is 0 Å². The number of nitrogens with zero attached hydrogens (tertiary/aromatic N) is 1. The fourth-order valence-corrected chi connectivity index (χ4v) is 6.75. The van der Waals surface area contributed by atoms with E-state index in [1.54, 1.807) is 0 Å². The van der Waals surface area contributed by atoms with Gasteiger partial charge in [0.25, 0.3) is 0 Å². The number of nitrogens with one attached hydrogen (secondary N) is 1. The summed E-state index contributed by atoms with van der Waals surface area (Å²) in [5, 5.41) is 13.2. The van der Waals surface area contributed by atoms with Gasteiger partial charge in [0.15, 0.2) is 12.0 Å². The molecule has 1 atom stereocenters. The molecule has 44 heavy (non-hydrogen) atoms. The van der Waals surface area contributed by atoms with Gasteiger partial charge < -0.3 is 15.0 Å². The Morgan fingerprint density at radius 2 is 1.11 bits per heavy atom. The minimum Gasteiger partial charge on any atom is -0.464 e. The maximum atomic E-state index is 6.67. The first-order valence-corrected chi connectivity index (χ1v) is 15.1. The lowest BCUT2D eigenvalue weighted by molar-refractivity contribution is 0.262. The maximum Gasteiger partial charge on any atom is 0.196 e. The van der Waals surface area contributed by atoms with Crippen molar-refractivity contribution >= 4 is 65.8 Å². The van der Waals surface area contributed by atoms with Crippen molar-refractivity contribution in [3.05, 3.63) is 163 Å². The van der Waals surface area contributed by atoms with Crippen LogP contribution in [0, 0.1) is 0 Å². The predicted molar refractivity (Wildman–Crippen MR) is 185 cm³/mol. The summed E-state index contributed by atoms with van der Waals surface area (Å²) in [5.74, 6) is 0.904. The van der Waals surface area contributed by atoms with Gasteiger partial charge in [-0.25, -0.2) is 0 Å². The molecule has 9 rings (SSSR count). The summed E-state index contributed by atoms with van der Waals surface area (Å²) in [7, 11) is 0. The molecule has 0 fully saturated rings. The average Bonchev–Trinajstić information content (AvgIpc) is 3.55. The third-order valence-electron chi connectivity index (χ3n) is 8.83. The highest BCUT2D eigenvalue weighted by Gasteiger charge is 2.28. The Morgan fingerprint density at radius 3 is 1.98 bits per heavy atom. The molecule has 8 aromatic rings. The summed E-state index contributed by atoms with van der Waals surface area (Å²) < 4.78 is 6.67. The van der Waals surface area contributed by atoms with Gasteiger partial charge in [0.1, 0.15) is 0 Å². The highest BCUT2D eigenvalue weighted by atomic mass is 16.5. The second-order valence-electron chi connectivity index (χ2n) is 11.4. The number of hydrogen-bond acceptors (Lipinski definition) is 3. The molecular weight excluding hydrogens is 536 g/mol. The van der Waals surface area contributed by atoms with E-state index in [1.807, 2.05) is 6.07 Å². The summed E-state index contributed by atoms with van der Waals surface area (Å²) in [5.41, 5.74) is 5.52. The molecule has 1 aliphatic heterocycles. The van der Waals surface area contributed by atoms with E-state index in [9.17, 15) is 0 Å². The van der Waals surface area contributed by atoms with Crippen LogP contribution in [0.15, 0.2) is 158 Å². The summed E-state index contributed by atoms with van der Waals surface area (Å²) in [6, 6.07) is 56.3. The van der Waals surface area contributed by atoms with Crippen LogP contribution in [0.5, 0.6) is 5.75 Å². The summed E-state index contributed by atoms with van der Waals surface area (Å²) in [4.78, 5) is 2.39. The molecule has 0 aliphatic carbocycles. The minimum absolute atomic E-state index is 0.232. The number of benzene rings is 8. The van der Waals surface area contributed by atoms with Crippen LogP contribution in [-0.4, -0.2) is 0 Å². The van der Waals surface area contributed by atoms with E-state index in [0.29, 0.717) is 0 Å². The number of rotatable bonds is 4.